The fourth-order valence-electron chi connectivity index (χ4n) is 1.97. The van der Waals surface area contributed by atoms with Crippen molar-refractivity contribution in [2.45, 2.75) is 39.7 Å². The average molecular weight is 392 g/mol. The minimum Gasteiger partial charge on any atom is -0.466 e. The van der Waals surface area contributed by atoms with E-state index in [0.717, 1.165) is 0 Å². The first-order valence-corrected chi connectivity index (χ1v) is 10.5. The highest BCUT2D eigenvalue weighted by Crippen LogP contribution is 2.49. The van der Waals surface area contributed by atoms with E-state index < -0.39 is 18.9 Å². The Morgan fingerprint density at radius 2 is 1.84 bits per heavy atom. The SMILES string of the molecule is CCOC(=O)CCc1ccccc1OP(=O)(Cl)N[C@@H](C)C(=O)OCC. The Labute approximate surface area is 152 Å². The van der Waals surface area contributed by atoms with E-state index >= 15 is 0 Å². The molecule has 0 heterocycles. The van der Waals surface area contributed by atoms with Crippen molar-refractivity contribution < 1.29 is 28.2 Å². The van der Waals surface area contributed by atoms with Crippen molar-refractivity contribution in [3.05, 3.63) is 29.8 Å². The number of esters is 2. The van der Waals surface area contributed by atoms with Gasteiger partial charge in [0, 0.05) is 17.7 Å². The van der Waals surface area contributed by atoms with Crippen LogP contribution < -0.4 is 9.61 Å². The van der Waals surface area contributed by atoms with E-state index in [9.17, 15) is 14.2 Å². The maximum Gasteiger partial charge on any atom is 0.409 e. The lowest BCUT2D eigenvalue weighted by atomic mass is 10.1. The number of carbonyl (C=O) groups is 2. The molecule has 0 saturated heterocycles. The van der Waals surface area contributed by atoms with Crippen LogP contribution in [0.1, 0.15) is 32.8 Å². The summed E-state index contributed by atoms with van der Waals surface area (Å²) in [6, 6.07) is 5.89. The molecule has 0 amide bonds. The number of ether oxygens (including phenoxy) is 2. The molecule has 0 radical (unpaired) electrons. The van der Waals surface area contributed by atoms with Crippen LogP contribution in [-0.4, -0.2) is 31.2 Å². The van der Waals surface area contributed by atoms with Crippen molar-refractivity contribution in [1.29, 1.82) is 0 Å². The normalized spacial score (nSPS) is 14.2. The second kappa shape index (κ2) is 10.4. The Morgan fingerprint density at radius 3 is 2.48 bits per heavy atom. The van der Waals surface area contributed by atoms with Crippen LogP contribution in [0.4, 0.5) is 0 Å². The van der Waals surface area contributed by atoms with Gasteiger partial charge in [-0.3, -0.25) is 9.59 Å². The van der Waals surface area contributed by atoms with E-state index in [0.29, 0.717) is 18.6 Å². The number of hydrogen-bond donors (Lipinski definition) is 1. The van der Waals surface area contributed by atoms with Crippen LogP contribution in [0.15, 0.2) is 24.3 Å². The summed E-state index contributed by atoms with van der Waals surface area (Å²) in [5.74, 6) is -0.642. The number of aryl methyl sites for hydroxylation is 1. The minimum atomic E-state index is -3.83. The monoisotopic (exact) mass is 391 g/mol. The van der Waals surface area contributed by atoms with Gasteiger partial charge in [-0.2, -0.15) is 0 Å². The quantitative estimate of drug-likeness (QED) is 0.482. The predicted molar refractivity (Wildman–Crippen MR) is 94.7 cm³/mol. The number of benzene rings is 1. The highest BCUT2D eigenvalue weighted by Gasteiger charge is 2.28. The van der Waals surface area contributed by atoms with Gasteiger partial charge >= 0.3 is 18.8 Å². The zero-order chi connectivity index (χ0) is 18.9. The van der Waals surface area contributed by atoms with Crippen molar-refractivity contribution in [2.24, 2.45) is 0 Å². The highest BCUT2D eigenvalue weighted by atomic mass is 35.7. The molecule has 1 N–H and O–H groups in total. The lowest BCUT2D eigenvalue weighted by Crippen LogP contribution is -2.33. The van der Waals surface area contributed by atoms with Gasteiger partial charge in [-0.15, -0.1) is 0 Å². The second-order valence-electron chi connectivity index (χ2n) is 5.09. The third-order valence-corrected chi connectivity index (χ3v) is 4.71. The van der Waals surface area contributed by atoms with Crippen molar-refractivity contribution in [3.8, 4) is 5.75 Å². The molecule has 1 rings (SSSR count). The Bertz CT molecular complexity index is 639. The number of nitrogens with one attached hydrogen (secondary N) is 1. The molecule has 7 nitrogen and oxygen atoms in total. The van der Waals surface area contributed by atoms with Crippen LogP contribution in [0.5, 0.6) is 5.75 Å². The fraction of sp³-hybridized carbons (Fsp3) is 0.500. The van der Waals surface area contributed by atoms with Crippen molar-refractivity contribution in [3.63, 3.8) is 0 Å². The van der Waals surface area contributed by atoms with Crippen LogP contribution in [-0.2, 0) is 30.0 Å². The topological polar surface area (TPSA) is 90.9 Å². The van der Waals surface area contributed by atoms with E-state index in [-0.39, 0.29) is 24.7 Å². The summed E-state index contributed by atoms with van der Waals surface area (Å²) in [5, 5.41) is 2.43. The Kier molecular flexibility index (Phi) is 8.97. The van der Waals surface area contributed by atoms with Gasteiger partial charge in [0.2, 0.25) is 0 Å². The molecule has 0 aliphatic heterocycles. The first kappa shape index (κ1) is 21.5. The number of para-hydroxylation sites is 1. The van der Waals surface area contributed by atoms with E-state index in [1.807, 2.05) is 0 Å². The minimum absolute atomic E-state index is 0.160. The molecule has 2 atom stereocenters. The molecule has 25 heavy (non-hydrogen) atoms. The molecule has 0 fully saturated rings. The number of hydrogen-bond acceptors (Lipinski definition) is 6. The molecule has 0 aromatic heterocycles. The lowest BCUT2D eigenvalue weighted by molar-refractivity contribution is -0.145. The number of carbonyl (C=O) groups excluding carboxylic acids is 2. The maximum absolute atomic E-state index is 12.4. The fourth-order valence-corrected chi connectivity index (χ4v) is 3.69. The molecule has 140 valence electrons. The maximum atomic E-state index is 12.4. The van der Waals surface area contributed by atoms with Gasteiger partial charge < -0.3 is 14.0 Å². The van der Waals surface area contributed by atoms with Gasteiger partial charge in [0.15, 0.2) is 0 Å². The molecule has 1 unspecified atom stereocenters. The molecule has 1 aromatic rings. The smallest absolute Gasteiger partial charge is 0.409 e. The molecule has 0 saturated carbocycles. The predicted octanol–water partition coefficient (Wildman–Crippen LogP) is 3.45. The first-order chi connectivity index (χ1) is 11.8. The van der Waals surface area contributed by atoms with Crippen LogP contribution in [0.25, 0.3) is 0 Å². The lowest BCUT2D eigenvalue weighted by Gasteiger charge is -2.19. The molecule has 0 aliphatic rings. The van der Waals surface area contributed by atoms with Gasteiger partial charge in [0.05, 0.1) is 13.2 Å². The summed E-state index contributed by atoms with van der Waals surface area (Å²) in [5.41, 5.74) is 0.655. The first-order valence-electron chi connectivity index (χ1n) is 7.96. The molecule has 1 aromatic carbocycles. The average Bonchev–Trinajstić information content (AvgIpc) is 2.53. The Morgan fingerprint density at radius 1 is 1.20 bits per heavy atom. The largest absolute Gasteiger partial charge is 0.466 e. The van der Waals surface area contributed by atoms with Gasteiger partial charge in [-0.25, -0.2) is 9.65 Å². The van der Waals surface area contributed by atoms with E-state index in [4.69, 9.17) is 25.2 Å². The highest BCUT2D eigenvalue weighted by molar-refractivity contribution is 7.84. The van der Waals surface area contributed by atoms with Gasteiger partial charge in [-0.1, -0.05) is 18.2 Å². The van der Waals surface area contributed by atoms with Crippen molar-refractivity contribution in [1.82, 2.24) is 5.09 Å². The Balaban J connectivity index is 2.75. The van der Waals surface area contributed by atoms with Gasteiger partial charge in [0.25, 0.3) is 0 Å². The zero-order valence-electron chi connectivity index (χ0n) is 14.5. The molecular weight excluding hydrogens is 369 g/mol. The van der Waals surface area contributed by atoms with Gasteiger partial charge in [-0.05, 0) is 38.8 Å². The summed E-state index contributed by atoms with van der Waals surface area (Å²) in [7, 11) is 0. The Hall–Kier alpha value is -1.56. The van der Waals surface area contributed by atoms with Crippen molar-refractivity contribution in [2.75, 3.05) is 13.2 Å². The summed E-state index contributed by atoms with van der Waals surface area (Å²) in [4.78, 5) is 23.1. The molecule has 0 spiro atoms. The van der Waals surface area contributed by atoms with E-state index in [2.05, 4.69) is 5.09 Å². The van der Waals surface area contributed by atoms with Crippen LogP contribution in [0.2, 0.25) is 0 Å². The standard InChI is InChI=1S/C16H23ClNO6P/c1-4-22-15(19)11-10-13-8-6-7-9-14(13)24-25(17,21)18-12(3)16(20)23-5-2/h6-9,12H,4-5,10-11H2,1-3H3,(H,18,21)/t12-,25?/m0/s1. The summed E-state index contributed by atoms with van der Waals surface area (Å²) in [6.45, 7) is 1.56. The number of halogens is 1. The van der Waals surface area contributed by atoms with E-state index in [1.165, 1.54) is 6.92 Å². The van der Waals surface area contributed by atoms with Crippen LogP contribution in [0, 0.1) is 0 Å². The zero-order valence-corrected chi connectivity index (χ0v) is 16.1. The summed E-state index contributed by atoms with van der Waals surface area (Å²) in [6.07, 6.45) is 0.507. The third-order valence-electron chi connectivity index (χ3n) is 3.08. The number of rotatable bonds is 10. The molecule has 0 bridgehead atoms. The van der Waals surface area contributed by atoms with Gasteiger partial charge in [0.1, 0.15) is 11.8 Å². The third kappa shape index (κ3) is 7.90. The molecular formula is C16H23ClNO6P. The van der Waals surface area contributed by atoms with Crippen LogP contribution >= 0.6 is 18.1 Å². The van der Waals surface area contributed by atoms with E-state index in [1.54, 1.807) is 38.1 Å². The summed E-state index contributed by atoms with van der Waals surface area (Å²) < 4.78 is 27.5. The second-order valence-corrected chi connectivity index (χ2v) is 7.82. The summed E-state index contributed by atoms with van der Waals surface area (Å²) >= 11 is 5.92. The molecule has 9 heteroatoms. The molecule has 0 aliphatic carbocycles. The van der Waals surface area contributed by atoms with Crippen LogP contribution in [0.3, 0.4) is 0 Å². The van der Waals surface area contributed by atoms with Crippen molar-refractivity contribution >= 4 is 30.1 Å².